The molecule has 0 aliphatic carbocycles. The second-order valence-corrected chi connectivity index (χ2v) is 8.29. The van der Waals surface area contributed by atoms with Gasteiger partial charge < -0.3 is 14.4 Å². The molecule has 1 fully saturated rings. The molecule has 5 heteroatoms. The lowest BCUT2D eigenvalue weighted by molar-refractivity contribution is 0.00974. The van der Waals surface area contributed by atoms with Crippen molar-refractivity contribution in [1.82, 2.24) is 4.90 Å². The third kappa shape index (κ3) is 4.67. The standard InChI is InChI=1S/C19H29NO3S/c1-18(2,3)23-17(21)20-12-10-19(11-13-20,14-22-4)15-6-8-16(24-5)9-7-15/h6-9H,10-14H2,1-5H3. The van der Waals surface area contributed by atoms with E-state index in [0.29, 0.717) is 19.7 Å². The van der Waals surface area contributed by atoms with Gasteiger partial charge >= 0.3 is 6.09 Å². The summed E-state index contributed by atoms with van der Waals surface area (Å²) < 4.78 is 11.0. The summed E-state index contributed by atoms with van der Waals surface area (Å²) in [5.41, 5.74) is 0.821. The number of methoxy groups -OCH3 is 1. The molecular weight excluding hydrogens is 322 g/mol. The molecule has 1 heterocycles. The van der Waals surface area contributed by atoms with E-state index in [-0.39, 0.29) is 11.5 Å². The predicted molar refractivity (Wildman–Crippen MR) is 98.8 cm³/mol. The fourth-order valence-electron chi connectivity index (χ4n) is 3.18. The molecule has 1 aromatic rings. The minimum absolute atomic E-state index is 0.0236. The summed E-state index contributed by atoms with van der Waals surface area (Å²) in [5.74, 6) is 0. The molecule has 0 atom stereocenters. The average molecular weight is 352 g/mol. The maximum absolute atomic E-state index is 12.3. The third-order valence-corrected chi connectivity index (χ3v) is 5.24. The number of nitrogens with zero attached hydrogens (tertiary/aromatic N) is 1. The van der Waals surface area contributed by atoms with Crippen molar-refractivity contribution in [2.24, 2.45) is 0 Å². The van der Waals surface area contributed by atoms with Crippen LogP contribution in [0.5, 0.6) is 0 Å². The van der Waals surface area contributed by atoms with Gasteiger partial charge in [0.15, 0.2) is 0 Å². The fraction of sp³-hybridized carbons (Fsp3) is 0.632. The first kappa shape index (κ1) is 19.1. The van der Waals surface area contributed by atoms with Crippen LogP contribution in [0.1, 0.15) is 39.2 Å². The van der Waals surface area contributed by atoms with Crippen molar-refractivity contribution in [3.8, 4) is 0 Å². The number of piperidine rings is 1. The summed E-state index contributed by atoms with van der Waals surface area (Å²) in [6.45, 7) is 7.77. The largest absolute Gasteiger partial charge is 0.444 e. The Labute approximate surface area is 149 Å². The SMILES string of the molecule is COCC1(c2ccc(SC)cc2)CCN(C(=O)OC(C)(C)C)CC1. The Kier molecular flexibility index (Phi) is 6.21. The Hall–Kier alpha value is -1.20. The van der Waals surface area contributed by atoms with Crippen LogP contribution in [-0.4, -0.2) is 49.7 Å². The Balaban J connectivity index is 2.09. The van der Waals surface area contributed by atoms with Crippen molar-refractivity contribution in [1.29, 1.82) is 0 Å². The third-order valence-electron chi connectivity index (χ3n) is 4.50. The topological polar surface area (TPSA) is 38.8 Å². The van der Waals surface area contributed by atoms with Crippen LogP contribution in [0.15, 0.2) is 29.2 Å². The molecule has 0 N–H and O–H groups in total. The van der Waals surface area contributed by atoms with Crippen molar-refractivity contribution < 1.29 is 14.3 Å². The van der Waals surface area contributed by atoms with Gasteiger partial charge in [-0.25, -0.2) is 4.79 Å². The van der Waals surface area contributed by atoms with E-state index in [2.05, 4.69) is 30.5 Å². The summed E-state index contributed by atoms with van der Waals surface area (Å²) in [7, 11) is 1.75. The van der Waals surface area contributed by atoms with Gasteiger partial charge in [-0.3, -0.25) is 0 Å². The molecule has 0 spiro atoms. The number of rotatable bonds is 4. The fourth-order valence-corrected chi connectivity index (χ4v) is 3.59. The number of benzene rings is 1. The second-order valence-electron chi connectivity index (χ2n) is 7.41. The molecule has 134 valence electrons. The summed E-state index contributed by atoms with van der Waals surface area (Å²) in [5, 5.41) is 0. The maximum atomic E-state index is 12.3. The number of thioether (sulfide) groups is 1. The van der Waals surface area contributed by atoms with Crippen LogP contribution in [-0.2, 0) is 14.9 Å². The van der Waals surface area contributed by atoms with Crippen LogP contribution < -0.4 is 0 Å². The van der Waals surface area contributed by atoms with Crippen molar-refractivity contribution >= 4 is 17.9 Å². The highest BCUT2D eigenvalue weighted by atomic mass is 32.2. The highest BCUT2D eigenvalue weighted by Gasteiger charge is 2.38. The average Bonchev–Trinajstić information content (AvgIpc) is 2.54. The molecule has 0 bridgehead atoms. The van der Waals surface area contributed by atoms with E-state index in [9.17, 15) is 4.79 Å². The van der Waals surface area contributed by atoms with Gasteiger partial charge in [0, 0.05) is 30.5 Å². The first-order chi connectivity index (χ1) is 11.3. The van der Waals surface area contributed by atoms with Crippen LogP contribution in [0.2, 0.25) is 0 Å². The van der Waals surface area contributed by atoms with Crippen LogP contribution >= 0.6 is 11.8 Å². The molecular formula is C19H29NO3S. The normalized spacial score (nSPS) is 17.6. The van der Waals surface area contributed by atoms with Crippen LogP contribution in [0.3, 0.4) is 0 Å². The summed E-state index contributed by atoms with van der Waals surface area (Å²) in [6, 6.07) is 8.73. The van der Waals surface area contributed by atoms with Crippen LogP contribution in [0.4, 0.5) is 4.79 Å². The molecule has 2 rings (SSSR count). The van der Waals surface area contributed by atoms with Crippen molar-refractivity contribution in [3.63, 3.8) is 0 Å². The zero-order valence-electron chi connectivity index (χ0n) is 15.4. The van der Waals surface area contributed by atoms with Gasteiger partial charge in [-0.15, -0.1) is 11.8 Å². The Morgan fingerprint density at radius 1 is 1.21 bits per heavy atom. The van der Waals surface area contributed by atoms with E-state index in [1.807, 2.05) is 25.7 Å². The monoisotopic (exact) mass is 351 g/mol. The van der Waals surface area contributed by atoms with E-state index in [4.69, 9.17) is 9.47 Å². The Morgan fingerprint density at radius 2 is 1.79 bits per heavy atom. The van der Waals surface area contributed by atoms with Crippen LogP contribution in [0.25, 0.3) is 0 Å². The van der Waals surface area contributed by atoms with Crippen molar-refractivity contribution in [2.75, 3.05) is 33.1 Å². The smallest absolute Gasteiger partial charge is 0.410 e. The molecule has 0 aromatic heterocycles. The van der Waals surface area contributed by atoms with Gasteiger partial charge in [0.1, 0.15) is 5.60 Å². The number of carbonyl (C=O) groups excluding carboxylic acids is 1. The number of ether oxygens (including phenoxy) is 2. The van der Waals surface area contributed by atoms with Crippen molar-refractivity contribution in [3.05, 3.63) is 29.8 Å². The lowest BCUT2D eigenvalue weighted by atomic mass is 9.73. The Morgan fingerprint density at radius 3 is 2.25 bits per heavy atom. The van der Waals surface area contributed by atoms with E-state index in [1.165, 1.54) is 10.5 Å². The van der Waals surface area contributed by atoms with E-state index in [0.717, 1.165) is 12.8 Å². The first-order valence-corrected chi connectivity index (χ1v) is 9.63. The predicted octanol–water partition coefficient (Wildman–Crippen LogP) is 4.32. The number of hydrogen-bond acceptors (Lipinski definition) is 4. The first-order valence-electron chi connectivity index (χ1n) is 8.41. The van der Waals surface area contributed by atoms with Gasteiger partial charge in [0.25, 0.3) is 0 Å². The van der Waals surface area contributed by atoms with Gasteiger partial charge in [0.2, 0.25) is 0 Å². The highest BCUT2D eigenvalue weighted by molar-refractivity contribution is 7.98. The molecule has 4 nitrogen and oxygen atoms in total. The molecule has 1 amide bonds. The lowest BCUT2D eigenvalue weighted by Gasteiger charge is -2.42. The van der Waals surface area contributed by atoms with Gasteiger partial charge in [-0.05, 0) is 57.6 Å². The summed E-state index contributed by atoms with van der Waals surface area (Å²) >= 11 is 1.75. The molecule has 0 unspecified atom stereocenters. The molecule has 1 aliphatic rings. The van der Waals surface area contributed by atoms with E-state index < -0.39 is 5.60 Å². The van der Waals surface area contributed by atoms with Gasteiger partial charge in [0.05, 0.1) is 6.61 Å². The molecule has 0 saturated carbocycles. The maximum Gasteiger partial charge on any atom is 0.410 e. The minimum Gasteiger partial charge on any atom is -0.444 e. The highest BCUT2D eigenvalue weighted by Crippen LogP contribution is 2.37. The zero-order valence-corrected chi connectivity index (χ0v) is 16.2. The van der Waals surface area contributed by atoms with Crippen LogP contribution in [0, 0.1) is 0 Å². The quantitative estimate of drug-likeness (QED) is 0.757. The molecule has 1 saturated heterocycles. The zero-order chi connectivity index (χ0) is 17.8. The van der Waals surface area contributed by atoms with E-state index in [1.54, 1.807) is 18.9 Å². The van der Waals surface area contributed by atoms with E-state index >= 15 is 0 Å². The molecule has 1 aliphatic heterocycles. The number of carbonyl (C=O) groups is 1. The lowest BCUT2D eigenvalue weighted by Crippen LogP contribution is -2.48. The van der Waals surface area contributed by atoms with Crippen molar-refractivity contribution in [2.45, 2.75) is 49.5 Å². The number of hydrogen-bond donors (Lipinski definition) is 0. The molecule has 24 heavy (non-hydrogen) atoms. The second kappa shape index (κ2) is 7.79. The van der Waals surface area contributed by atoms with Gasteiger partial charge in [-0.2, -0.15) is 0 Å². The number of likely N-dealkylation sites (tertiary alicyclic amines) is 1. The Bertz CT molecular complexity index is 543. The molecule has 0 radical (unpaired) electrons. The summed E-state index contributed by atoms with van der Waals surface area (Å²) in [4.78, 5) is 15.3. The minimum atomic E-state index is -0.453. The molecule has 1 aromatic carbocycles. The summed E-state index contributed by atoms with van der Waals surface area (Å²) in [6.07, 6.45) is 3.64. The number of amides is 1. The van der Waals surface area contributed by atoms with Gasteiger partial charge in [-0.1, -0.05) is 12.1 Å².